The first-order chi connectivity index (χ1) is 13.4. The Labute approximate surface area is 177 Å². The van der Waals surface area contributed by atoms with Crippen LogP contribution < -0.4 is 0 Å². The van der Waals surface area contributed by atoms with Crippen LogP contribution in [0.15, 0.2) is 72.2 Å². The van der Waals surface area contributed by atoms with E-state index in [2.05, 4.69) is 44.6 Å². The van der Waals surface area contributed by atoms with E-state index in [-0.39, 0.29) is 13.2 Å². The molecule has 4 radical (unpaired) electrons. The standard InChI is InChI=1S/C10H12O.C8H9BrO.C3H6.B3H/c1-2-9-5-3-4-6-10(9)7-8-11;9-8-4-2-1-3-7(8)5-6-10;2*1-3-2/h2-6,11H,1,7-8H2;1-4,10H,5-6H2;3H,1H2,2H3;3H/i;;;3T. The maximum atomic E-state index is 8.71. The Hall–Kier alpha value is -1.49. The molecule has 2 aromatic rings. The Morgan fingerprint density at radius 3 is 1.85 bits per heavy atom. The van der Waals surface area contributed by atoms with Gasteiger partial charge in [-0.25, -0.2) is 0 Å². The van der Waals surface area contributed by atoms with E-state index in [1.54, 1.807) is 6.08 Å². The summed E-state index contributed by atoms with van der Waals surface area (Å²) in [6, 6.07) is 15.9. The fourth-order valence-corrected chi connectivity index (χ4v) is 2.39. The smallest absolute Gasteiger partial charge is 0.0471 e. The Morgan fingerprint density at radius 1 is 1.00 bits per heavy atom. The second kappa shape index (κ2) is 20.8. The van der Waals surface area contributed by atoms with Crippen LogP contribution in [0.25, 0.3) is 6.08 Å². The summed E-state index contributed by atoms with van der Waals surface area (Å²) < 4.78 is 7.21. The Kier molecular flexibility index (Phi) is 19.7. The summed E-state index contributed by atoms with van der Waals surface area (Å²) in [5.41, 5.74) is 3.43. The Bertz CT molecular complexity index is 652. The fourth-order valence-electron chi connectivity index (χ4n) is 1.90. The molecule has 0 heterocycles. The highest BCUT2D eigenvalue weighted by atomic mass is 79.9. The highest BCUT2D eigenvalue weighted by Crippen LogP contribution is 2.15. The SMILES string of the molecule is C=CC.C=Cc1ccccc1CCO.OCCc1ccccc1Br.[3H]B([B])[B]. The van der Waals surface area contributed by atoms with E-state index in [4.69, 9.17) is 11.5 Å². The number of allylic oxidation sites excluding steroid dienone is 1. The molecule has 27 heavy (non-hydrogen) atoms. The molecular weight excluding hydrogens is 397 g/mol. The van der Waals surface area contributed by atoms with Gasteiger partial charge in [-0.05, 0) is 43.9 Å². The first-order valence-electron chi connectivity index (χ1n) is 9.11. The molecular formula is C21H28B3BrO2. The van der Waals surface area contributed by atoms with Gasteiger partial charge in [0.15, 0.2) is 0 Å². The number of rotatable bonds is 5. The predicted molar refractivity (Wildman–Crippen MR) is 127 cm³/mol. The maximum Gasteiger partial charge on any atom is 0.0471 e. The molecule has 0 aliphatic rings. The van der Waals surface area contributed by atoms with Crippen LogP contribution in [0.1, 0.15) is 23.6 Å². The number of aliphatic hydroxyl groups excluding tert-OH is 2. The minimum Gasteiger partial charge on any atom is -0.396 e. The van der Waals surface area contributed by atoms with E-state index in [0.29, 0.717) is 6.42 Å². The van der Waals surface area contributed by atoms with Crippen molar-refractivity contribution in [3.63, 3.8) is 0 Å². The topological polar surface area (TPSA) is 40.5 Å². The van der Waals surface area contributed by atoms with Gasteiger partial charge >= 0.3 is 0 Å². The zero-order chi connectivity index (χ0) is 21.8. The second-order valence-corrected chi connectivity index (χ2v) is 5.90. The molecule has 2 rings (SSSR count). The average molecular weight is 427 g/mol. The molecule has 0 amide bonds. The molecule has 0 aromatic heterocycles. The molecule has 6 heteroatoms. The van der Waals surface area contributed by atoms with Gasteiger partial charge in [0.05, 0.1) is 0 Å². The highest BCUT2D eigenvalue weighted by molar-refractivity contribution is 9.10. The molecule has 0 saturated heterocycles. The van der Waals surface area contributed by atoms with Gasteiger partial charge in [0.2, 0.25) is 0 Å². The summed E-state index contributed by atoms with van der Waals surface area (Å²) in [6.45, 7) is 9.35. The van der Waals surface area contributed by atoms with Gasteiger partial charge in [0.25, 0.3) is 0 Å². The van der Waals surface area contributed by atoms with Gasteiger partial charge in [0, 0.05) is 40.2 Å². The van der Waals surface area contributed by atoms with Gasteiger partial charge in [0.1, 0.15) is 0 Å². The van der Waals surface area contributed by atoms with Crippen molar-refractivity contribution in [3.8, 4) is 0 Å². The summed E-state index contributed by atoms with van der Waals surface area (Å²) in [5.74, 6) is 0. The molecule has 0 aliphatic heterocycles. The van der Waals surface area contributed by atoms with Crippen LogP contribution in [0.5, 0.6) is 0 Å². The maximum absolute atomic E-state index is 8.71. The summed E-state index contributed by atoms with van der Waals surface area (Å²) in [6.07, 6.45) is 4.99. The zero-order valence-electron chi connectivity index (χ0n) is 17.0. The van der Waals surface area contributed by atoms with Crippen molar-refractivity contribution < 1.29 is 10.2 Å². The molecule has 140 valence electrons. The van der Waals surface area contributed by atoms with Crippen molar-refractivity contribution in [1.82, 2.24) is 0 Å². The lowest BCUT2D eigenvalue weighted by molar-refractivity contribution is 0.299. The van der Waals surface area contributed by atoms with Crippen molar-refractivity contribution in [2.45, 2.75) is 19.8 Å². The van der Waals surface area contributed by atoms with Gasteiger partial charge in [-0.15, -0.1) is 6.58 Å². The molecule has 0 aliphatic carbocycles. The Balaban J connectivity index is 0. The van der Waals surface area contributed by atoms with Crippen LogP contribution in [0.2, 0.25) is 0 Å². The molecule has 0 saturated carbocycles. The first kappa shape index (κ1) is 25.5. The molecule has 0 fully saturated rings. The third kappa shape index (κ3) is 15.3. The molecule has 0 atom stereocenters. The van der Waals surface area contributed by atoms with E-state index in [9.17, 15) is 0 Å². The van der Waals surface area contributed by atoms with Crippen molar-refractivity contribution in [3.05, 3.63) is 88.9 Å². The van der Waals surface area contributed by atoms with Gasteiger partial charge in [-0.2, -0.15) is 0 Å². The monoisotopic (exact) mass is 426 g/mol. The van der Waals surface area contributed by atoms with Crippen molar-refractivity contribution >= 4 is 44.5 Å². The van der Waals surface area contributed by atoms with E-state index in [1.807, 2.05) is 61.5 Å². The van der Waals surface area contributed by atoms with Crippen LogP contribution >= 0.6 is 15.9 Å². The molecule has 2 nitrogen and oxygen atoms in total. The van der Waals surface area contributed by atoms with Crippen molar-refractivity contribution in [2.75, 3.05) is 13.2 Å². The Morgan fingerprint density at radius 2 is 1.41 bits per heavy atom. The third-order valence-corrected chi connectivity index (χ3v) is 3.77. The third-order valence-electron chi connectivity index (χ3n) is 3.00. The fraction of sp³-hybridized carbons (Fsp3) is 0.238. The van der Waals surface area contributed by atoms with E-state index in [1.165, 1.54) is 0 Å². The minimum absolute atomic E-state index is 0.199. The van der Waals surface area contributed by atoms with Crippen LogP contribution in [-0.2, 0) is 12.8 Å². The lowest BCUT2D eigenvalue weighted by atomic mass is 9.40. The van der Waals surface area contributed by atoms with Crippen molar-refractivity contribution in [1.29, 1.82) is 1.34 Å². The number of aliphatic hydroxyl groups is 2. The van der Waals surface area contributed by atoms with Crippen LogP contribution in [0.3, 0.4) is 0 Å². The summed E-state index contributed by atoms with van der Waals surface area (Å²) in [5, 5.41) is 17.3. The van der Waals surface area contributed by atoms with E-state index in [0.717, 1.165) is 27.6 Å². The number of halogens is 1. The summed E-state index contributed by atoms with van der Waals surface area (Å²) in [7, 11) is 8.19. The quantitative estimate of drug-likeness (QED) is 0.566. The molecule has 0 spiro atoms. The zero-order valence-corrected chi connectivity index (χ0v) is 17.6. The minimum atomic E-state index is -0.917. The van der Waals surface area contributed by atoms with E-state index < -0.39 is 7.02 Å². The lowest BCUT2D eigenvalue weighted by Crippen LogP contribution is -1.92. The summed E-state index contributed by atoms with van der Waals surface area (Å²) in [4.78, 5) is 0. The van der Waals surface area contributed by atoms with Crippen LogP contribution in [0.4, 0.5) is 0 Å². The van der Waals surface area contributed by atoms with Gasteiger partial charge in [-0.3, -0.25) is 0 Å². The van der Waals surface area contributed by atoms with Crippen molar-refractivity contribution in [2.24, 2.45) is 0 Å². The van der Waals surface area contributed by atoms with Gasteiger partial charge in [-0.1, -0.05) is 77.1 Å². The number of hydrogen-bond donors (Lipinski definition) is 2. The molecule has 0 unspecified atom stereocenters. The highest BCUT2D eigenvalue weighted by Gasteiger charge is 1.95. The second-order valence-electron chi connectivity index (χ2n) is 5.04. The lowest BCUT2D eigenvalue weighted by Gasteiger charge is -2.01. The first-order valence-corrected chi connectivity index (χ1v) is 9.33. The summed E-state index contributed by atoms with van der Waals surface area (Å²) >= 11 is 3.39. The average Bonchev–Trinajstić information content (AvgIpc) is 2.65. The largest absolute Gasteiger partial charge is 0.396 e. The number of hydrogen-bond acceptors (Lipinski definition) is 2. The molecule has 0 bridgehead atoms. The normalized spacial score (nSPS) is 8.96. The van der Waals surface area contributed by atoms with Gasteiger partial charge < -0.3 is 10.2 Å². The van der Waals surface area contributed by atoms with Crippen LogP contribution in [-0.4, -0.2) is 47.3 Å². The molecule has 2 aromatic carbocycles. The number of benzene rings is 2. The van der Waals surface area contributed by atoms with E-state index >= 15 is 0 Å². The predicted octanol–water partition coefficient (Wildman–Crippen LogP) is 3.63. The molecule has 2 N–H and O–H groups in total. The van der Waals surface area contributed by atoms with Crippen LogP contribution in [0, 0.1) is 0 Å².